The topological polar surface area (TPSA) is 56.7 Å². The van der Waals surface area contributed by atoms with Gasteiger partial charge in [0.2, 0.25) is 0 Å². The molecule has 1 aliphatic carbocycles. The summed E-state index contributed by atoms with van der Waals surface area (Å²) < 4.78 is 1.80. The van der Waals surface area contributed by atoms with Gasteiger partial charge < -0.3 is 5.73 Å². The minimum atomic E-state index is 0.892. The Morgan fingerprint density at radius 2 is 2.19 bits per heavy atom. The monoisotopic (exact) mass is 234 g/mol. The van der Waals surface area contributed by atoms with Crippen LogP contribution in [0.25, 0.3) is 11.4 Å². The molecule has 0 aromatic carbocycles. The number of nitrogens with zero attached hydrogens (tertiary/aromatic N) is 3. The van der Waals surface area contributed by atoms with Crippen molar-refractivity contribution >= 4 is 16.3 Å². The fraction of sp³-hybridized carbons (Fsp3) is 0.455. The van der Waals surface area contributed by atoms with Gasteiger partial charge in [0.25, 0.3) is 0 Å². The van der Waals surface area contributed by atoms with E-state index in [0.717, 1.165) is 22.8 Å². The lowest BCUT2D eigenvalue weighted by Gasteiger charge is -2.12. The average molecular weight is 234 g/mol. The first-order chi connectivity index (χ1) is 7.77. The normalized spacial score (nSPS) is 15.1. The van der Waals surface area contributed by atoms with E-state index < -0.39 is 0 Å². The van der Waals surface area contributed by atoms with Gasteiger partial charge in [0, 0.05) is 11.9 Å². The Bertz CT molecular complexity index is 526. The molecule has 2 aromatic rings. The molecule has 0 bridgehead atoms. The maximum absolute atomic E-state index is 6.12. The maximum atomic E-state index is 6.12. The van der Waals surface area contributed by atoms with Crippen LogP contribution in [0.3, 0.4) is 0 Å². The zero-order valence-electron chi connectivity index (χ0n) is 9.23. The molecular formula is C11H14N4S. The van der Waals surface area contributed by atoms with Crippen molar-refractivity contribution < 1.29 is 0 Å². The van der Waals surface area contributed by atoms with Crippen molar-refractivity contribution in [3.63, 3.8) is 0 Å². The third-order valence-corrected chi connectivity index (χ3v) is 4.25. The first-order valence-corrected chi connectivity index (χ1v) is 6.33. The van der Waals surface area contributed by atoms with Crippen molar-refractivity contribution in [3.05, 3.63) is 16.8 Å². The highest BCUT2D eigenvalue weighted by atomic mass is 32.1. The minimum absolute atomic E-state index is 0.892. The molecule has 0 radical (unpaired) electrons. The predicted octanol–water partition coefficient (Wildman–Crippen LogP) is 2.00. The van der Waals surface area contributed by atoms with Crippen LogP contribution >= 0.6 is 11.3 Å². The molecule has 0 saturated carbocycles. The van der Waals surface area contributed by atoms with E-state index >= 15 is 0 Å². The summed E-state index contributed by atoms with van der Waals surface area (Å²) in [5.74, 6) is 0.900. The molecule has 0 atom stereocenters. The van der Waals surface area contributed by atoms with Crippen LogP contribution in [0.1, 0.15) is 23.3 Å². The van der Waals surface area contributed by atoms with Crippen LogP contribution in [0, 0.1) is 0 Å². The third-order valence-electron chi connectivity index (χ3n) is 3.13. The van der Waals surface area contributed by atoms with Gasteiger partial charge in [-0.05, 0) is 31.2 Å². The van der Waals surface area contributed by atoms with Gasteiger partial charge in [-0.2, -0.15) is 5.10 Å². The number of anilines is 1. The predicted molar refractivity (Wildman–Crippen MR) is 65.4 cm³/mol. The fourth-order valence-electron chi connectivity index (χ4n) is 2.35. The summed E-state index contributed by atoms with van der Waals surface area (Å²) in [6, 6.07) is 0. The van der Waals surface area contributed by atoms with E-state index in [9.17, 15) is 0 Å². The molecule has 0 spiro atoms. The number of fused-ring (bicyclic) bond motifs is 1. The zero-order chi connectivity index (χ0) is 11.1. The highest BCUT2D eigenvalue weighted by molar-refractivity contribution is 7.16. The second kappa shape index (κ2) is 3.59. The number of hydrogen-bond donors (Lipinski definition) is 1. The Kier molecular flexibility index (Phi) is 2.21. The number of nitrogens with two attached hydrogens (primary N) is 1. The fourth-order valence-corrected chi connectivity index (χ4v) is 3.51. The van der Waals surface area contributed by atoms with Gasteiger partial charge in [-0.25, -0.2) is 9.67 Å². The maximum Gasteiger partial charge on any atom is 0.161 e. The highest BCUT2D eigenvalue weighted by Gasteiger charge is 2.22. The Labute approximate surface area is 98.1 Å². The van der Waals surface area contributed by atoms with Gasteiger partial charge in [-0.1, -0.05) is 0 Å². The van der Waals surface area contributed by atoms with Crippen molar-refractivity contribution in [3.8, 4) is 11.4 Å². The van der Waals surface area contributed by atoms with Gasteiger partial charge in [-0.3, -0.25) is 0 Å². The number of thiophene rings is 1. The molecule has 0 saturated heterocycles. The Morgan fingerprint density at radius 3 is 2.94 bits per heavy atom. The standard InChI is InChI=1S/C11H14N4S/c1-15-11(13-6-14-15)9-7-4-2-3-5-8(7)16-10(9)12/h6H,2-5,12H2,1H3. The molecular weight excluding hydrogens is 220 g/mol. The highest BCUT2D eigenvalue weighted by Crippen LogP contribution is 2.41. The zero-order valence-corrected chi connectivity index (χ0v) is 10.0. The molecule has 84 valence electrons. The number of hydrogen-bond acceptors (Lipinski definition) is 4. The van der Waals surface area contributed by atoms with Crippen molar-refractivity contribution in [1.82, 2.24) is 14.8 Å². The number of aromatic nitrogens is 3. The first-order valence-electron chi connectivity index (χ1n) is 5.51. The first kappa shape index (κ1) is 9.84. The Hall–Kier alpha value is -1.36. The van der Waals surface area contributed by atoms with Crippen LogP contribution in [-0.4, -0.2) is 14.8 Å². The largest absolute Gasteiger partial charge is 0.390 e. The molecule has 2 N–H and O–H groups in total. The summed E-state index contributed by atoms with van der Waals surface area (Å²) in [4.78, 5) is 5.75. The summed E-state index contributed by atoms with van der Waals surface area (Å²) in [7, 11) is 1.91. The summed E-state index contributed by atoms with van der Waals surface area (Å²) in [5.41, 5.74) is 8.65. The molecule has 2 aromatic heterocycles. The molecule has 3 rings (SSSR count). The number of aryl methyl sites for hydroxylation is 2. The van der Waals surface area contributed by atoms with Gasteiger partial charge in [-0.15, -0.1) is 11.3 Å². The van der Waals surface area contributed by atoms with Crippen molar-refractivity contribution in [2.24, 2.45) is 7.05 Å². The van der Waals surface area contributed by atoms with E-state index in [4.69, 9.17) is 5.73 Å². The van der Waals surface area contributed by atoms with Crippen LogP contribution < -0.4 is 5.73 Å². The second-order valence-electron chi connectivity index (χ2n) is 4.16. The van der Waals surface area contributed by atoms with E-state index in [0.29, 0.717) is 0 Å². The van der Waals surface area contributed by atoms with Crippen LogP contribution in [-0.2, 0) is 19.9 Å². The van der Waals surface area contributed by atoms with Gasteiger partial charge in [0.15, 0.2) is 5.82 Å². The van der Waals surface area contributed by atoms with Crippen LogP contribution in [0.15, 0.2) is 6.33 Å². The van der Waals surface area contributed by atoms with Crippen LogP contribution in [0.2, 0.25) is 0 Å². The quantitative estimate of drug-likeness (QED) is 0.821. The van der Waals surface area contributed by atoms with E-state index in [1.165, 1.54) is 29.7 Å². The van der Waals surface area contributed by atoms with E-state index in [-0.39, 0.29) is 0 Å². The lowest BCUT2D eigenvalue weighted by molar-refractivity contribution is 0.696. The van der Waals surface area contributed by atoms with Crippen LogP contribution in [0.5, 0.6) is 0 Å². The molecule has 4 nitrogen and oxygen atoms in total. The van der Waals surface area contributed by atoms with E-state index in [1.54, 1.807) is 22.3 Å². The van der Waals surface area contributed by atoms with E-state index in [1.807, 2.05) is 7.05 Å². The molecule has 0 unspecified atom stereocenters. The molecule has 0 aliphatic heterocycles. The van der Waals surface area contributed by atoms with Crippen molar-refractivity contribution in [1.29, 1.82) is 0 Å². The minimum Gasteiger partial charge on any atom is -0.390 e. The molecule has 1 aliphatic rings. The molecule has 0 fully saturated rings. The van der Waals surface area contributed by atoms with Gasteiger partial charge in [0.1, 0.15) is 6.33 Å². The summed E-state index contributed by atoms with van der Waals surface area (Å²) in [6.07, 6.45) is 6.42. The molecule has 2 heterocycles. The Morgan fingerprint density at radius 1 is 1.38 bits per heavy atom. The number of rotatable bonds is 1. The lowest BCUT2D eigenvalue weighted by atomic mass is 9.95. The summed E-state index contributed by atoms with van der Waals surface area (Å²) in [6.45, 7) is 0. The lowest BCUT2D eigenvalue weighted by Crippen LogP contribution is -2.02. The average Bonchev–Trinajstić information content (AvgIpc) is 2.81. The summed E-state index contributed by atoms with van der Waals surface area (Å²) >= 11 is 1.72. The second-order valence-corrected chi connectivity index (χ2v) is 5.29. The third kappa shape index (κ3) is 1.35. The van der Waals surface area contributed by atoms with Gasteiger partial charge in [0.05, 0.1) is 10.6 Å². The SMILES string of the molecule is Cn1ncnc1-c1c(N)sc2c1CCCC2. The van der Waals surface area contributed by atoms with Crippen molar-refractivity contribution in [2.45, 2.75) is 25.7 Å². The molecule has 0 amide bonds. The summed E-state index contributed by atoms with van der Waals surface area (Å²) in [5, 5.41) is 5.01. The van der Waals surface area contributed by atoms with E-state index in [2.05, 4.69) is 10.1 Å². The number of nitrogen functional groups attached to an aromatic ring is 1. The Balaban J connectivity index is 2.20. The molecule has 16 heavy (non-hydrogen) atoms. The smallest absolute Gasteiger partial charge is 0.161 e. The molecule has 5 heteroatoms. The van der Waals surface area contributed by atoms with Gasteiger partial charge >= 0.3 is 0 Å². The van der Waals surface area contributed by atoms with Crippen LogP contribution in [0.4, 0.5) is 5.00 Å². The van der Waals surface area contributed by atoms with Crippen molar-refractivity contribution in [2.75, 3.05) is 5.73 Å².